The van der Waals surface area contributed by atoms with Crippen LogP contribution in [0.1, 0.15) is 6.92 Å². The van der Waals surface area contributed by atoms with Gasteiger partial charge in [0.05, 0.1) is 6.20 Å². The lowest BCUT2D eigenvalue weighted by molar-refractivity contribution is 0.677. The molecule has 0 unspecified atom stereocenters. The summed E-state index contributed by atoms with van der Waals surface area (Å²) in [7, 11) is 0. The molecule has 0 aliphatic heterocycles. The van der Waals surface area contributed by atoms with Crippen LogP contribution in [0.2, 0.25) is 0 Å². The Morgan fingerprint density at radius 1 is 1.13 bits per heavy atom. The summed E-state index contributed by atoms with van der Waals surface area (Å²) in [5.41, 5.74) is 8.93. The van der Waals surface area contributed by atoms with Crippen LogP contribution in [0.4, 0.5) is 5.82 Å². The summed E-state index contributed by atoms with van der Waals surface area (Å²) in [6.45, 7) is 2.70. The highest BCUT2D eigenvalue weighted by Crippen LogP contribution is 2.21. The average molecular weight is 306 g/mol. The van der Waals surface area contributed by atoms with Gasteiger partial charge >= 0.3 is 0 Å². The molecule has 0 saturated carbocycles. The fourth-order valence-corrected chi connectivity index (χ4v) is 2.51. The van der Waals surface area contributed by atoms with E-state index in [0.29, 0.717) is 29.5 Å². The third-order valence-corrected chi connectivity index (χ3v) is 3.62. The van der Waals surface area contributed by atoms with E-state index in [2.05, 4.69) is 25.3 Å². The average Bonchev–Trinajstić information content (AvgIpc) is 3.20. The first-order valence-corrected chi connectivity index (χ1v) is 7.22. The molecule has 0 radical (unpaired) electrons. The second-order valence-electron chi connectivity index (χ2n) is 5.00. The number of nitrogens with zero attached hydrogens (tertiary/aromatic N) is 7. The molecule has 8 heteroatoms. The van der Waals surface area contributed by atoms with Crippen molar-refractivity contribution in [1.29, 1.82) is 0 Å². The monoisotopic (exact) mass is 306 g/mol. The summed E-state index contributed by atoms with van der Waals surface area (Å²) in [6, 6.07) is 9.87. The zero-order valence-electron chi connectivity index (χ0n) is 12.5. The van der Waals surface area contributed by atoms with Gasteiger partial charge in [0.15, 0.2) is 17.0 Å². The number of nitrogens with two attached hydrogens (primary N) is 1. The Balaban J connectivity index is 1.87. The van der Waals surface area contributed by atoms with Crippen LogP contribution in [0.15, 0.2) is 42.9 Å². The Morgan fingerprint density at radius 3 is 2.74 bits per heavy atom. The van der Waals surface area contributed by atoms with E-state index >= 15 is 0 Å². The SMILES string of the molecule is CCn1c(-n2cc(-c3ccccc3)nn2)nc2c(N)ncnc21. The van der Waals surface area contributed by atoms with Gasteiger partial charge in [0.1, 0.15) is 12.0 Å². The molecule has 2 N–H and O–H groups in total. The number of benzene rings is 1. The second kappa shape index (κ2) is 5.16. The molecule has 114 valence electrons. The molecule has 0 bridgehead atoms. The number of hydrogen-bond acceptors (Lipinski definition) is 6. The number of imidazole rings is 1. The number of rotatable bonds is 3. The lowest BCUT2D eigenvalue weighted by Crippen LogP contribution is -2.06. The van der Waals surface area contributed by atoms with E-state index in [9.17, 15) is 0 Å². The van der Waals surface area contributed by atoms with Gasteiger partial charge in [-0.15, -0.1) is 5.10 Å². The number of hydrogen-bond donors (Lipinski definition) is 1. The van der Waals surface area contributed by atoms with Gasteiger partial charge in [0, 0.05) is 12.1 Å². The Kier molecular flexibility index (Phi) is 3.00. The van der Waals surface area contributed by atoms with Crippen molar-refractivity contribution >= 4 is 17.0 Å². The van der Waals surface area contributed by atoms with Gasteiger partial charge in [-0.3, -0.25) is 4.57 Å². The lowest BCUT2D eigenvalue weighted by atomic mass is 10.2. The second-order valence-corrected chi connectivity index (χ2v) is 5.00. The summed E-state index contributed by atoms with van der Waals surface area (Å²) in [6.07, 6.45) is 3.28. The molecule has 1 aromatic carbocycles. The maximum absolute atomic E-state index is 5.90. The van der Waals surface area contributed by atoms with Crippen LogP contribution >= 0.6 is 0 Å². The van der Waals surface area contributed by atoms with Crippen LogP contribution in [0.5, 0.6) is 0 Å². The molecule has 0 spiro atoms. The Bertz CT molecular complexity index is 970. The van der Waals surface area contributed by atoms with Gasteiger partial charge in [-0.05, 0) is 6.92 Å². The zero-order valence-corrected chi connectivity index (χ0v) is 12.5. The van der Waals surface area contributed by atoms with Crippen LogP contribution in [0, 0.1) is 0 Å². The van der Waals surface area contributed by atoms with Crippen molar-refractivity contribution in [3.05, 3.63) is 42.9 Å². The summed E-state index contributed by atoms with van der Waals surface area (Å²) >= 11 is 0. The molecular weight excluding hydrogens is 292 g/mol. The van der Waals surface area contributed by atoms with Crippen LogP contribution in [-0.2, 0) is 6.54 Å². The molecule has 0 aliphatic carbocycles. The molecule has 0 saturated heterocycles. The maximum Gasteiger partial charge on any atom is 0.234 e. The first-order chi connectivity index (χ1) is 11.3. The normalized spacial score (nSPS) is 11.2. The number of aromatic nitrogens is 7. The van der Waals surface area contributed by atoms with Crippen LogP contribution in [0.3, 0.4) is 0 Å². The Labute approximate surface area is 131 Å². The summed E-state index contributed by atoms with van der Waals surface area (Å²) < 4.78 is 3.56. The van der Waals surface area contributed by atoms with E-state index in [1.165, 1.54) is 6.33 Å². The number of fused-ring (bicyclic) bond motifs is 1. The third-order valence-electron chi connectivity index (χ3n) is 3.62. The molecule has 23 heavy (non-hydrogen) atoms. The van der Waals surface area contributed by atoms with E-state index in [-0.39, 0.29) is 0 Å². The summed E-state index contributed by atoms with van der Waals surface area (Å²) in [4.78, 5) is 12.8. The predicted octanol–water partition coefficient (Wildman–Crippen LogP) is 1.68. The van der Waals surface area contributed by atoms with Crippen LogP contribution in [-0.4, -0.2) is 34.5 Å². The van der Waals surface area contributed by atoms with Crippen molar-refractivity contribution in [3.63, 3.8) is 0 Å². The van der Waals surface area contributed by atoms with Gasteiger partial charge in [-0.2, -0.15) is 4.68 Å². The lowest BCUT2D eigenvalue weighted by Gasteiger charge is -2.03. The fourth-order valence-electron chi connectivity index (χ4n) is 2.51. The van der Waals surface area contributed by atoms with Gasteiger partial charge < -0.3 is 5.73 Å². The summed E-state index contributed by atoms with van der Waals surface area (Å²) in [5, 5.41) is 8.41. The van der Waals surface area contributed by atoms with Crippen LogP contribution in [0.25, 0.3) is 28.4 Å². The standard InChI is InChI=1S/C15H14N8/c1-2-22-14-12(13(16)17-9-18-14)19-15(22)23-8-11(20-21-23)10-6-4-3-5-7-10/h3-9H,2H2,1H3,(H2,16,17,18). The van der Waals surface area contributed by atoms with Crippen LogP contribution < -0.4 is 5.73 Å². The van der Waals surface area contributed by atoms with Crippen molar-refractivity contribution in [2.45, 2.75) is 13.5 Å². The van der Waals surface area contributed by atoms with E-state index in [1.54, 1.807) is 4.68 Å². The van der Waals surface area contributed by atoms with Crippen molar-refractivity contribution in [1.82, 2.24) is 34.5 Å². The molecule has 3 heterocycles. The molecule has 0 aliphatic rings. The van der Waals surface area contributed by atoms with Gasteiger partial charge in [-0.1, -0.05) is 35.5 Å². The predicted molar refractivity (Wildman–Crippen MR) is 85.8 cm³/mol. The molecule has 0 atom stereocenters. The Hall–Kier alpha value is -3.29. The van der Waals surface area contributed by atoms with Gasteiger partial charge in [-0.25, -0.2) is 15.0 Å². The minimum Gasteiger partial charge on any atom is -0.382 e. The fraction of sp³-hybridized carbons (Fsp3) is 0.133. The van der Waals surface area contributed by atoms with Gasteiger partial charge in [0.2, 0.25) is 5.95 Å². The highest BCUT2D eigenvalue weighted by atomic mass is 15.5. The topological polar surface area (TPSA) is 100 Å². The van der Waals surface area contributed by atoms with E-state index in [1.807, 2.05) is 48.0 Å². The quantitative estimate of drug-likeness (QED) is 0.618. The minimum absolute atomic E-state index is 0.354. The number of nitrogen functional groups attached to an aromatic ring is 1. The first kappa shape index (κ1) is 13.4. The van der Waals surface area contributed by atoms with Crippen molar-refractivity contribution < 1.29 is 0 Å². The largest absolute Gasteiger partial charge is 0.382 e. The molecular formula is C15H14N8. The number of aryl methyl sites for hydroxylation is 1. The highest BCUT2D eigenvalue weighted by molar-refractivity contribution is 5.82. The minimum atomic E-state index is 0.354. The Morgan fingerprint density at radius 2 is 1.96 bits per heavy atom. The maximum atomic E-state index is 5.90. The molecule has 4 aromatic rings. The van der Waals surface area contributed by atoms with E-state index in [4.69, 9.17) is 5.73 Å². The van der Waals surface area contributed by atoms with Crippen molar-refractivity contribution in [3.8, 4) is 17.2 Å². The smallest absolute Gasteiger partial charge is 0.234 e. The van der Waals surface area contributed by atoms with E-state index < -0.39 is 0 Å². The molecule has 0 amide bonds. The third kappa shape index (κ3) is 2.11. The molecule has 3 aromatic heterocycles. The zero-order chi connectivity index (χ0) is 15.8. The van der Waals surface area contributed by atoms with Crippen molar-refractivity contribution in [2.24, 2.45) is 0 Å². The number of anilines is 1. The van der Waals surface area contributed by atoms with E-state index in [0.717, 1.165) is 11.3 Å². The molecule has 8 nitrogen and oxygen atoms in total. The van der Waals surface area contributed by atoms with Gasteiger partial charge in [0.25, 0.3) is 0 Å². The first-order valence-electron chi connectivity index (χ1n) is 7.22. The summed E-state index contributed by atoms with van der Waals surface area (Å²) in [5.74, 6) is 0.969. The van der Waals surface area contributed by atoms with Crippen molar-refractivity contribution in [2.75, 3.05) is 5.73 Å². The molecule has 4 rings (SSSR count). The molecule has 0 fully saturated rings. The highest BCUT2D eigenvalue weighted by Gasteiger charge is 2.16.